The van der Waals surface area contributed by atoms with Crippen molar-refractivity contribution in [2.45, 2.75) is 25.9 Å². The van der Waals surface area contributed by atoms with Crippen molar-refractivity contribution in [2.75, 3.05) is 141 Å². The van der Waals surface area contributed by atoms with Gasteiger partial charge in [0, 0.05) is 124 Å². The minimum atomic E-state index is -0.416. The molecule has 0 bridgehead atoms. The van der Waals surface area contributed by atoms with Crippen LogP contribution in [0.5, 0.6) is 5.88 Å². The molecule has 7 heterocycles. The zero-order valence-electron chi connectivity index (χ0n) is 57.6. The molecule has 25 heteroatoms. The number of fused-ring (bicyclic) bond motifs is 3. The number of anilines is 3. The number of nitriles is 3. The lowest BCUT2D eigenvalue weighted by molar-refractivity contribution is 0.0739. The van der Waals surface area contributed by atoms with Crippen molar-refractivity contribution in [3.63, 3.8) is 0 Å². The molecule has 0 saturated carbocycles. The fraction of sp³-hybridized carbons (Fsp3) is 0.295. The van der Waals surface area contributed by atoms with Gasteiger partial charge in [-0.1, -0.05) is 66.2 Å². The van der Waals surface area contributed by atoms with Gasteiger partial charge in [-0.3, -0.25) is 24.0 Å². The average molecular weight is 1430 g/mol. The van der Waals surface area contributed by atoms with E-state index in [0.717, 1.165) is 69.3 Å². The first kappa shape index (κ1) is 73.2. The third-order valence-corrected chi connectivity index (χ3v) is 19.4. The Bertz CT molecular complexity index is 4980. The first-order valence-corrected chi connectivity index (χ1v) is 35.1. The van der Waals surface area contributed by atoms with Crippen molar-refractivity contribution in [2.24, 2.45) is 0 Å². The van der Waals surface area contributed by atoms with Crippen molar-refractivity contribution in [1.82, 2.24) is 38.6 Å². The molecule has 528 valence electrons. The Balaban J connectivity index is 0.000000155. The SMILES string of the molecule is CN(C)CCCOc1nc2ccccc2c(N2CCN(C(=O)c3ccc(F)cc3)CC2)c1C#N.CN(C)CCCn1c(=O)c(C#N)c(N2CCN(C(=O)c3cccs3)CC2)c2cc(Cl)ccc21.N#Cc1c(N2CCN(C(=O)c3ccc(F)cc3)CC2)c2ccccc2n(Cc2ccc(F)cc2)c1=O. The lowest BCUT2D eigenvalue weighted by Gasteiger charge is -2.37. The topological polar surface area (TPSA) is 215 Å². The van der Waals surface area contributed by atoms with Crippen molar-refractivity contribution in [3.05, 3.63) is 238 Å². The van der Waals surface area contributed by atoms with E-state index in [1.165, 1.54) is 72.0 Å². The second-order valence-corrected chi connectivity index (χ2v) is 27.0. The molecule has 3 aliphatic rings. The highest BCUT2D eigenvalue weighted by molar-refractivity contribution is 7.12. The summed E-state index contributed by atoms with van der Waals surface area (Å²) in [7, 11) is 8.00. The number of thiophene rings is 1. The summed E-state index contributed by atoms with van der Waals surface area (Å²) >= 11 is 7.77. The number of nitrogens with zero attached hydrogens (tertiary/aromatic N) is 14. The van der Waals surface area contributed by atoms with Crippen molar-refractivity contribution in [3.8, 4) is 24.1 Å². The summed E-state index contributed by atoms with van der Waals surface area (Å²) in [6, 6.07) is 47.9. The molecule has 3 aliphatic heterocycles. The zero-order chi connectivity index (χ0) is 72.8. The number of hydrogen-bond acceptors (Lipinski definition) is 16. The number of pyridine rings is 3. The molecule has 0 radical (unpaired) electrons. The molecule has 3 amide bonds. The van der Waals surface area contributed by atoms with Crippen LogP contribution in [0, 0.1) is 51.4 Å². The standard InChI is InChI=1S/C28H22F2N4O2.C26H28FN5O2.C24H26ClN5O2S/c29-21-9-5-19(6-10-21)18-34-25-4-2-1-3-23(25)26(24(17-31)28(34)36)32-13-15-33(16-14-32)27(35)20-7-11-22(30)12-8-20;1-30(2)12-5-17-34-25-22(18-28)24(21-6-3-4-7-23(21)29-25)31-13-15-32(16-14-31)26(33)19-8-10-20(27)11-9-19;1-27(2)8-4-9-30-20-7-6-17(25)15-18(20)22(19(16-26)23(30)31)28-10-12-29(13-11-28)24(32)21-5-3-14-33-21/h1-12H,13-16,18H2;3-4,6-11H,5,12-17H2,1-2H3;3,5-7,14-15H,4,8-13H2,1-2H3. The molecular formula is C78H76ClF3N14O6S. The van der Waals surface area contributed by atoms with Gasteiger partial charge >= 0.3 is 0 Å². The van der Waals surface area contributed by atoms with Crippen LogP contribution in [0.4, 0.5) is 30.2 Å². The first-order chi connectivity index (χ1) is 49.8. The quantitative estimate of drug-likeness (QED) is 0.0775. The normalized spacial score (nSPS) is 13.9. The maximum atomic E-state index is 13.5. The van der Waals surface area contributed by atoms with E-state index in [2.05, 4.69) is 37.9 Å². The molecule has 0 unspecified atom stereocenters. The number of aryl methyl sites for hydroxylation is 1. The molecule has 6 aromatic carbocycles. The summed E-state index contributed by atoms with van der Waals surface area (Å²) in [4.78, 5) is 86.2. The molecule has 10 aromatic rings. The van der Waals surface area contributed by atoms with Gasteiger partial charge in [0.2, 0.25) is 5.88 Å². The number of aromatic nitrogens is 3. The van der Waals surface area contributed by atoms with Crippen LogP contribution in [0.15, 0.2) is 167 Å². The minimum Gasteiger partial charge on any atom is -0.477 e. The number of halogens is 4. The van der Waals surface area contributed by atoms with Gasteiger partial charge in [0.1, 0.15) is 52.3 Å². The number of hydrogen-bond donors (Lipinski definition) is 0. The van der Waals surface area contributed by atoms with E-state index in [0.29, 0.717) is 136 Å². The molecule has 103 heavy (non-hydrogen) atoms. The number of carbonyl (C=O) groups excluding carboxylic acids is 3. The molecule has 3 fully saturated rings. The summed E-state index contributed by atoms with van der Waals surface area (Å²) < 4.78 is 49.0. The molecule has 4 aromatic heterocycles. The highest BCUT2D eigenvalue weighted by Gasteiger charge is 2.32. The number of carbonyl (C=O) groups is 3. The minimum absolute atomic E-state index is 0.0226. The van der Waals surface area contributed by atoms with Crippen LogP contribution in [0.25, 0.3) is 32.7 Å². The van der Waals surface area contributed by atoms with E-state index in [-0.39, 0.29) is 52.6 Å². The molecule has 0 aliphatic carbocycles. The highest BCUT2D eigenvalue weighted by atomic mass is 35.5. The molecular weight excluding hydrogens is 1350 g/mol. The third kappa shape index (κ3) is 17.0. The molecule has 0 spiro atoms. The summed E-state index contributed by atoms with van der Waals surface area (Å²) in [5.74, 6) is -1.06. The lowest BCUT2D eigenvalue weighted by Crippen LogP contribution is -2.49. The first-order valence-electron chi connectivity index (χ1n) is 33.8. The molecule has 13 rings (SSSR count). The molecule has 0 atom stereocenters. The van der Waals surface area contributed by atoms with Gasteiger partial charge in [0.15, 0.2) is 0 Å². The van der Waals surface area contributed by atoms with Gasteiger partial charge in [-0.2, -0.15) is 15.8 Å². The van der Waals surface area contributed by atoms with E-state index < -0.39 is 11.4 Å². The van der Waals surface area contributed by atoms with Gasteiger partial charge in [-0.25, -0.2) is 18.2 Å². The second-order valence-electron chi connectivity index (χ2n) is 25.6. The Morgan fingerprint density at radius 1 is 0.515 bits per heavy atom. The summed E-state index contributed by atoms with van der Waals surface area (Å²) in [6.45, 7) is 8.83. The molecule has 20 nitrogen and oxygen atoms in total. The van der Waals surface area contributed by atoms with Crippen LogP contribution in [-0.4, -0.2) is 183 Å². The van der Waals surface area contributed by atoms with E-state index in [4.69, 9.17) is 16.3 Å². The van der Waals surface area contributed by atoms with Crippen LogP contribution >= 0.6 is 22.9 Å². The van der Waals surface area contributed by atoms with Crippen LogP contribution in [0.1, 0.15) is 65.5 Å². The number of benzene rings is 6. The van der Waals surface area contributed by atoms with Gasteiger partial charge in [-0.15, -0.1) is 11.3 Å². The summed E-state index contributed by atoms with van der Waals surface area (Å²) in [5, 5.41) is 34.9. The highest BCUT2D eigenvalue weighted by Crippen LogP contribution is 2.37. The van der Waals surface area contributed by atoms with E-state index >= 15 is 0 Å². The van der Waals surface area contributed by atoms with Crippen molar-refractivity contribution < 1.29 is 32.3 Å². The Kier molecular flexibility index (Phi) is 23.9. The van der Waals surface area contributed by atoms with Crippen LogP contribution in [0.3, 0.4) is 0 Å². The Hall–Kier alpha value is -11.1. The predicted molar refractivity (Wildman–Crippen MR) is 396 cm³/mol. The number of piperazine rings is 3. The summed E-state index contributed by atoms with van der Waals surface area (Å²) in [5.41, 5.74) is 5.70. The maximum absolute atomic E-state index is 13.5. The van der Waals surface area contributed by atoms with Crippen molar-refractivity contribution in [1.29, 1.82) is 15.8 Å². The Labute approximate surface area is 603 Å². The van der Waals surface area contributed by atoms with E-state index in [1.807, 2.05) is 121 Å². The van der Waals surface area contributed by atoms with E-state index in [1.54, 1.807) is 37.1 Å². The fourth-order valence-corrected chi connectivity index (χ4v) is 14.0. The van der Waals surface area contributed by atoms with Gasteiger partial charge in [-0.05, 0) is 156 Å². The Morgan fingerprint density at radius 2 is 0.971 bits per heavy atom. The van der Waals surface area contributed by atoms with Crippen LogP contribution in [-0.2, 0) is 13.1 Å². The largest absolute Gasteiger partial charge is 0.477 e. The molecule has 3 saturated heterocycles. The van der Waals surface area contributed by atoms with Crippen LogP contribution < -0.4 is 30.6 Å². The second kappa shape index (κ2) is 33.6. The Morgan fingerprint density at radius 3 is 1.49 bits per heavy atom. The number of rotatable bonds is 17. The van der Waals surface area contributed by atoms with Crippen molar-refractivity contribution >= 4 is 90.4 Å². The lowest BCUT2D eigenvalue weighted by atomic mass is 10.1. The average Bonchev–Trinajstić information content (AvgIpc) is 0.837. The third-order valence-electron chi connectivity index (χ3n) is 18.3. The predicted octanol–water partition coefficient (Wildman–Crippen LogP) is 11.2. The van der Waals surface area contributed by atoms with Gasteiger partial charge < -0.3 is 53.1 Å². The van der Waals surface area contributed by atoms with Gasteiger partial charge in [0.25, 0.3) is 28.8 Å². The maximum Gasteiger partial charge on any atom is 0.271 e. The smallest absolute Gasteiger partial charge is 0.271 e. The van der Waals surface area contributed by atoms with Gasteiger partial charge in [0.05, 0.1) is 51.6 Å². The van der Waals surface area contributed by atoms with E-state index in [9.17, 15) is 52.9 Å². The number of amides is 3. The zero-order valence-corrected chi connectivity index (χ0v) is 59.1. The monoisotopic (exact) mass is 1430 g/mol. The fourth-order valence-electron chi connectivity index (χ4n) is 13.1. The molecule has 0 N–H and O–H groups in total. The number of para-hydroxylation sites is 2. The number of ether oxygens (including phenoxy) is 1. The summed E-state index contributed by atoms with van der Waals surface area (Å²) in [6.07, 6.45) is 1.62. The van der Waals surface area contributed by atoms with Crippen LogP contribution in [0.2, 0.25) is 5.02 Å².